The van der Waals surface area contributed by atoms with Crippen LogP contribution in [0.5, 0.6) is 0 Å². The molecule has 0 bridgehead atoms. The predicted molar refractivity (Wildman–Crippen MR) is 58.2 cm³/mol. The summed E-state index contributed by atoms with van der Waals surface area (Å²) in [6.07, 6.45) is 13.5. The molecule has 0 aliphatic heterocycles. The van der Waals surface area contributed by atoms with Crippen LogP contribution in [0.1, 0.15) is 51.9 Å². The van der Waals surface area contributed by atoms with Gasteiger partial charge in [0.1, 0.15) is 0 Å². The zero-order valence-electron chi connectivity index (χ0n) is 8.90. The van der Waals surface area contributed by atoms with Gasteiger partial charge in [-0.05, 0) is 12.8 Å². The molecule has 0 atom stereocenters. The molecule has 2 heteroatoms. The average Bonchev–Trinajstić information content (AvgIpc) is 2.03. The Balaban J connectivity index is -0.000000500. The van der Waals surface area contributed by atoms with Crippen molar-refractivity contribution in [2.75, 3.05) is 0 Å². The van der Waals surface area contributed by atoms with Gasteiger partial charge in [0.05, 0.1) is 0 Å². The van der Waals surface area contributed by atoms with Crippen molar-refractivity contribution < 1.29 is 17.0 Å². The Kier molecular flexibility index (Phi) is 28.1. The van der Waals surface area contributed by atoms with Gasteiger partial charge in [-0.2, -0.15) is 6.42 Å². The van der Waals surface area contributed by atoms with Crippen molar-refractivity contribution in [1.29, 1.82) is 0 Å². The zero-order valence-corrected chi connectivity index (χ0v) is 11.9. The van der Waals surface area contributed by atoms with Gasteiger partial charge in [0.2, 0.25) is 0 Å². The fraction of sp³-hybridized carbons (Fsp3) is 0.727. The van der Waals surface area contributed by atoms with Crippen LogP contribution in [0.3, 0.4) is 0 Å². The van der Waals surface area contributed by atoms with E-state index in [1.807, 2.05) is 0 Å². The fourth-order valence-electron chi connectivity index (χ4n) is 1.04. The first-order valence-electron chi connectivity index (χ1n) is 4.86. The third-order valence-electron chi connectivity index (χ3n) is 1.76. The summed E-state index contributed by atoms with van der Waals surface area (Å²) in [7, 11) is 0. The molecule has 0 saturated heterocycles. The zero-order chi connectivity index (χ0) is 8.36. The molecule has 0 aromatic carbocycles. The summed E-state index contributed by atoms with van der Waals surface area (Å²) >= 11 is 0. The number of halogens is 1. The van der Waals surface area contributed by atoms with Gasteiger partial charge >= 0.3 is 23.1 Å². The molecule has 0 rings (SSSR count). The molecule has 0 unspecified atom stereocenters. The van der Waals surface area contributed by atoms with E-state index >= 15 is 0 Å². The van der Waals surface area contributed by atoms with Gasteiger partial charge in [-0.25, -0.2) is 0 Å². The minimum Gasteiger partial charge on any atom is -1.00 e. The Bertz CT molecular complexity index is 92.1. The summed E-state index contributed by atoms with van der Waals surface area (Å²) in [5.74, 6) is 0. The van der Waals surface area contributed by atoms with E-state index in [4.69, 9.17) is 0 Å². The van der Waals surface area contributed by atoms with Crippen LogP contribution < -0.4 is 17.0 Å². The van der Waals surface area contributed by atoms with Crippen LogP contribution in [0.2, 0.25) is 0 Å². The molecular weight excluding hydrogens is 236 g/mol. The molecule has 0 amide bonds. The molecule has 0 aromatic heterocycles. The van der Waals surface area contributed by atoms with Crippen LogP contribution in [0.15, 0.2) is 12.2 Å². The quantitative estimate of drug-likeness (QED) is 0.273. The topological polar surface area (TPSA) is 0 Å². The number of hydrogen-bond acceptors (Lipinski definition) is 0. The smallest absolute Gasteiger partial charge is 1.00 e. The molecule has 0 aliphatic rings. The minimum atomic E-state index is 0. The van der Waals surface area contributed by atoms with Crippen molar-refractivity contribution in [2.24, 2.45) is 0 Å². The van der Waals surface area contributed by atoms with Crippen LogP contribution >= 0.6 is 0 Å². The first-order chi connectivity index (χ1) is 5.41. The summed E-state index contributed by atoms with van der Waals surface area (Å²) in [4.78, 5) is 0. The molecule has 74 valence electrons. The van der Waals surface area contributed by atoms with E-state index in [1.54, 1.807) is 0 Å². The van der Waals surface area contributed by atoms with E-state index in [-0.39, 0.29) is 40.0 Å². The summed E-state index contributed by atoms with van der Waals surface area (Å²) in [5.41, 5.74) is 0. The molecule has 0 nitrogen and oxygen atoms in total. The average molecular weight is 257 g/mol. The number of rotatable bonds is 7. The minimum absolute atomic E-state index is 0. The van der Waals surface area contributed by atoms with Crippen molar-refractivity contribution in [3.05, 3.63) is 19.1 Å². The molecule has 0 saturated carbocycles. The van der Waals surface area contributed by atoms with Crippen LogP contribution in [0.25, 0.3) is 0 Å². The maximum absolute atomic E-state index is 3.78. The molecule has 0 N–H and O–H groups in total. The van der Waals surface area contributed by atoms with Crippen molar-refractivity contribution in [3.63, 3.8) is 0 Å². The van der Waals surface area contributed by atoms with Crippen LogP contribution in [-0.2, 0) is 0 Å². The molecule has 0 spiro atoms. The molecule has 0 radical (unpaired) electrons. The SMILES string of the molecule is [Br-].[CH2-]CC/C=C\CCCCCC.[Mg+2]. The summed E-state index contributed by atoms with van der Waals surface area (Å²) in [5, 5.41) is 0. The number of allylic oxidation sites excluding steroid dienone is 2. The van der Waals surface area contributed by atoms with Gasteiger partial charge in [-0.1, -0.05) is 44.8 Å². The summed E-state index contributed by atoms with van der Waals surface area (Å²) in [6, 6.07) is 0. The third-order valence-corrected chi connectivity index (χ3v) is 1.76. The van der Waals surface area contributed by atoms with Gasteiger partial charge in [0, 0.05) is 0 Å². The Labute approximate surface area is 110 Å². The standard InChI is InChI=1S/C11H21.BrH.Mg/c1-3-5-7-9-11-10-8-6-4-2;;/h7,9H,1,3-6,8,10-11H2,2H3;1H;/q-1;;+2/p-1/b9-7-;;. The maximum atomic E-state index is 3.78. The second-order valence-electron chi connectivity index (χ2n) is 2.96. The molecule has 0 aromatic rings. The number of hydrogen-bond donors (Lipinski definition) is 0. The molecular formula is C11H21BrMg. The molecule has 0 fully saturated rings. The summed E-state index contributed by atoms with van der Waals surface area (Å²) in [6.45, 7) is 6.03. The van der Waals surface area contributed by atoms with Gasteiger partial charge in [0.15, 0.2) is 0 Å². The van der Waals surface area contributed by atoms with Gasteiger partial charge < -0.3 is 23.9 Å². The third kappa shape index (κ3) is 19.4. The van der Waals surface area contributed by atoms with Gasteiger partial charge in [-0.15, -0.1) is 0 Å². The van der Waals surface area contributed by atoms with Crippen molar-refractivity contribution in [1.82, 2.24) is 0 Å². The van der Waals surface area contributed by atoms with E-state index in [2.05, 4.69) is 26.0 Å². The Morgan fingerprint density at radius 3 is 2.15 bits per heavy atom. The second kappa shape index (κ2) is 18.7. The predicted octanol–water partition coefficient (Wildman–Crippen LogP) is 0.750. The van der Waals surface area contributed by atoms with Gasteiger partial charge in [-0.3, -0.25) is 0 Å². The van der Waals surface area contributed by atoms with E-state index in [9.17, 15) is 0 Å². The first-order valence-corrected chi connectivity index (χ1v) is 4.86. The largest absolute Gasteiger partial charge is 2.00 e. The van der Waals surface area contributed by atoms with Crippen molar-refractivity contribution >= 4 is 23.1 Å². The van der Waals surface area contributed by atoms with Gasteiger partial charge in [0.25, 0.3) is 0 Å². The van der Waals surface area contributed by atoms with E-state index in [0.29, 0.717) is 0 Å². The van der Waals surface area contributed by atoms with Crippen LogP contribution in [0, 0.1) is 6.92 Å². The fourth-order valence-corrected chi connectivity index (χ4v) is 1.04. The second-order valence-corrected chi connectivity index (χ2v) is 2.96. The van der Waals surface area contributed by atoms with E-state index < -0.39 is 0 Å². The van der Waals surface area contributed by atoms with Crippen LogP contribution in [-0.4, -0.2) is 23.1 Å². The molecule has 13 heavy (non-hydrogen) atoms. The molecule has 0 aliphatic carbocycles. The van der Waals surface area contributed by atoms with Crippen molar-refractivity contribution in [2.45, 2.75) is 51.9 Å². The summed E-state index contributed by atoms with van der Waals surface area (Å²) < 4.78 is 0. The Morgan fingerprint density at radius 1 is 1.00 bits per heavy atom. The maximum Gasteiger partial charge on any atom is 2.00 e. The van der Waals surface area contributed by atoms with E-state index in [1.165, 1.54) is 32.1 Å². The normalized spacial score (nSPS) is 9.38. The monoisotopic (exact) mass is 256 g/mol. The number of unbranched alkanes of at least 4 members (excludes halogenated alkanes) is 5. The molecule has 0 heterocycles. The van der Waals surface area contributed by atoms with Crippen molar-refractivity contribution in [3.8, 4) is 0 Å². The Hall–Kier alpha value is 0.986. The first kappa shape index (κ1) is 19.5. The van der Waals surface area contributed by atoms with E-state index in [0.717, 1.165) is 12.8 Å². The van der Waals surface area contributed by atoms with Crippen LogP contribution in [0.4, 0.5) is 0 Å². The Morgan fingerprint density at radius 2 is 1.62 bits per heavy atom.